The lowest BCUT2D eigenvalue weighted by Gasteiger charge is -2.31. The minimum atomic E-state index is -3.35. The van der Waals surface area contributed by atoms with Crippen molar-refractivity contribution < 1.29 is 33.0 Å². The van der Waals surface area contributed by atoms with Crippen LogP contribution in [0.5, 0.6) is 5.75 Å². The molecule has 4 rings (SSSR count). The van der Waals surface area contributed by atoms with Gasteiger partial charge in [-0.25, -0.2) is 22.3 Å². The second kappa shape index (κ2) is 12.0. The lowest BCUT2D eigenvalue weighted by molar-refractivity contribution is -0.139. The summed E-state index contributed by atoms with van der Waals surface area (Å²) < 4.78 is 32.5. The summed E-state index contributed by atoms with van der Waals surface area (Å²) in [4.78, 5) is 23.3. The highest BCUT2D eigenvalue weighted by Gasteiger charge is 2.28. The number of ether oxygens (including phenoxy) is 1. The molecule has 0 amide bonds. The van der Waals surface area contributed by atoms with E-state index in [9.17, 15) is 23.1 Å². The van der Waals surface area contributed by atoms with E-state index in [0.717, 1.165) is 41.0 Å². The molecule has 38 heavy (non-hydrogen) atoms. The van der Waals surface area contributed by atoms with Crippen molar-refractivity contribution in [1.29, 1.82) is 0 Å². The first kappa shape index (κ1) is 27.6. The number of piperidine rings is 1. The molecule has 1 saturated heterocycles. The zero-order valence-electron chi connectivity index (χ0n) is 20.9. The van der Waals surface area contributed by atoms with Gasteiger partial charge in [0.05, 0.1) is 5.75 Å². The molecule has 3 aromatic rings. The quantitative estimate of drug-likeness (QED) is 0.312. The molecule has 0 aliphatic carbocycles. The van der Waals surface area contributed by atoms with Crippen molar-refractivity contribution in [3.63, 3.8) is 0 Å². The number of rotatable bonds is 11. The summed E-state index contributed by atoms with van der Waals surface area (Å²) in [6.45, 7) is 2.77. The summed E-state index contributed by atoms with van der Waals surface area (Å²) in [5.41, 5.74) is 3.02. The van der Waals surface area contributed by atoms with Crippen LogP contribution in [0.2, 0.25) is 0 Å². The summed E-state index contributed by atoms with van der Waals surface area (Å²) in [7, 11) is -3.35. The Bertz CT molecular complexity index is 1400. The van der Waals surface area contributed by atoms with Crippen LogP contribution in [0.4, 0.5) is 5.69 Å². The van der Waals surface area contributed by atoms with E-state index in [0.29, 0.717) is 36.0 Å². The molecular weight excluding hydrogens is 528 g/mol. The number of thiophene rings is 1. The fraction of sp³-hybridized carbons (Fsp3) is 0.333. The monoisotopic (exact) mass is 558 g/mol. The molecule has 0 spiro atoms. The normalized spacial score (nSPS) is 14.8. The molecule has 11 heteroatoms. The Labute approximate surface area is 225 Å². The van der Waals surface area contributed by atoms with Gasteiger partial charge in [-0.2, -0.15) is 0 Å². The first-order valence-electron chi connectivity index (χ1n) is 12.2. The number of nitrogens with zero attached hydrogens (tertiary/aromatic N) is 1. The van der Waals surface area contributed by atoms with Crippen molar-refractivity contribution >= 4 is 39.0 Å². The summed E-state index contributed by atoms with van der Waals surface area (Å²) in [5.74, 6) is -1.94. The summed E-state index contributed by atoms with van der Waals surface area (Å²) in [5, 5.41) is 21.9. The standard InChI is InChI=1S/C27H30N2O7S2/c1-18-24(36-16-23(30)31)26(27(32)33)37-25(18)21-8-5-9-22(14-21)28-15-19-10-12-29(13-11-19)38(34,35)17-20-6-3-2-4-7-20/h2-9,14,19,28H,10-13,15-17H2,1H3,(H,30,31)(H,32,33). The van der Waals surface area contributed by atoms with Crippen molar-refractivity contribution in [3.05, 3.63) is 70.6 Å². The summed E-state index contributed by atoms with van der Waals surface area (Å²) >= 11 is 1.05. The van der Waals surface area contributed by atoms with Crippen LogP contribution in [0.3, 0.4) is 0 Å². The minimum absolute atomic E-state index is 0.0122. The topological polar surface area (TPSA) is 133 Å². The first-order valence-corrected chi connectivity index (χ1v) is 14.6. The Morgan fingerprint density at radius 1 is 1.08 bits per heavy atom. The molecule has 0 atom stereocenters. The van der Waals surface area contributed by atoms with Crippen molar-refractivity contribution in [1.82, 2.24) is 4.31 Å². The minimum Gasteiger partial charge on any atom is -0.480 e. The van der Waals surface area contributed by atoms with Crippen LogP contribution >= 0.6 is 11.3 Å². The van der Waals surface area contributed by atoms with Gasteiger partial charge in [0.25, 0.3) is 0 Å². The molecule has 202 valence electrons. The van der Waals surface area contributed by atoms with E-state index in [1.807, 2.05) is 54.6 Å². The molecule has 0 radical (unpaired) electrons. The fourth-order valence-corrected chi connectivity index (χ4v) is 7.17. The Morgan fingerprint density at radius 2 is 1.79 bits per heavy atom. The second-order valence-corrected chi connectivity index (χ2v) is 12.2. The van der Waals surface area contributed by atoms with Crippen LogP contribution < -0.4 is 10.1 Å². The van der Waals surface area contributed by atoms with Crippen LogP contribution in [-0.4, -0.2) is 61.1 Å². The number of aromatic carboxylic acids is 1. The maximum atomic E-state index is 12.8. The molecule has 0 saturated carbocycles. The third-order valence-corrected chi connectivity index (χ3v) is 9.66. The molecular formula is C27H30N2O7S2. The molecule has 1 aliphatic rings. The van der Waals surface area contributed by atoms with Gasteiger partial charge in [0.2, 0.25) is 10.0 Å². The van der Waals surface area contributed by atoms with Gasteiger partial charge in [-0.05, 0) is 48.9 Å². The predicted octanol–water partition coefficient (Wildman–Crippen LogP) is 4.54. The van der Waals surface area contributed by atoms with Crippen LogP contribution in [0.15, 0.2) is 54.6 Å². The van der Waals surface area contributed by atoms with Gasteiger partial charge in [-0.3, -0.25) is 0 Å². The SMILES string of the molecule is Cc1c(-c2cccc(NCC3CCN(S(=O)(=O)Cc4ccccc4)CC3)c2)sc(C(=O)O)c1OCC(=O)O. The third kappa shape index (κ3) is 6.72. The van der Waals surface area contributed by atoms with E-state index in [-0.39, 0.29) is 16.4 Å². The maximum Gasteiger partial charge on any atom is 0.349 e. The Balaban J connectivity index is 1.37. The van der Waals surface area contributed by atoms with Crippen LogP contribution in [0.1, 0.15) is 33.6 Å². The van der Waals surface area contributed by atoms with Crippen LogP contribution in [0.25, 0.3) is 10.4 Å². The number of carboxylic acids is 2. The number of hydrogen-bond acceptors (Lipinski definition) is 7. The van der Waals surface area contributed by atoms with Gasteiger partial charge in [0.1, 0.15) is 5.75 Å². The van der Waals surface area contributed by atoms with Crippen molar-refractivity contribution in [2.45, 2.75) is 25.5 Å². The molecule has 3 N–H and O–H groups in total. The van der Waals surface area contributed by atoms with Crippen molar-refractivity contribution in [2.75, 3.05) is 31.6 Å². The van der Waals surface area contributed by atoms with Gasteiger partial charge >= 0.3 is 11.9 Å². The van der Waals surface area contributed by atoms with E-state index >= 15 is 0 Å². The van der Waals surface area contributed by atoms with Gasteiger partial charge < -0.3 is 20.3 Å². The smallest absolute Gasteiger partial charge is 0.349 e. The Morgan fingerprint density at radius 3 is 2.45 bits per heavy atom. The molecule has 0 unspecified atom stereocenters. The lowest BCUT2D eigenvalue weighted by atomic mass is 9.98. The number of hydrogen-bond donors (Lipinski definition) is 3. The number of carbonyl (C=O) groups is 2. The highest BCUT2D eigenvalue weighted by Crippen LogP contribution is 2.42. The Hall–Kier alpha value is -3.41. The fourth-order valence-electron chi connectivity index (χ4n) is 4.52. The number of nitrogens with one attached hydrogen (secondary N) is 1. The molecule has 9 nitrogen and oxygen atoms in total. The van der Waals surface area contributed by atoms with Crippen LogP contribution in [-0.2, 0) is 20.6 Å². The molecule has 0 bridgehead atoms. The number of aliphatic carboxylic acids is 1. The first-order chi connectivity index (χ1) is 18.1. The highest BCUT2D eigenvalue weighted by atomic mass is 32.2. The predicted molar refractivity (Wildman–Crippen MR) is 146 cm³/mol. The highest BCUT2D eigenvalue weighted by molar-refractivity contribution is 7.88. The lowest BCUT2D eigenvalue weighted by Crippen LogP contribution is -2.40. The van der Waals surface area contributed by atoms with E-state index in [1.54, 1.807) is 11.2 Å². The maximum absolute atomic E-state index is 12.8. The van der Waals surface area contributed by atoms with Gasteiger partial charge in [0, 0.05) is 35.8 Å². The molecule has 1 fully saturated rings. The van der Waals surface area contributed by atoms with Crippen molar-refractivity contribution in [2.24, 2.45) is 5.92 Å². The van der Waals surface area contributed by atoms with E-state index in [4.69, 9.17) is 9.84 Å². The van der Waals surface area contributed by atoms with Gasteiger partial charge in [-0.15, -0.1) is 11.3 Å². The third-order valence-electron chi connectivity index (χ3n) is 6.50. The Kier molecular flexibility index (Phi) is 8.70. The van der Waals surface area contributed by atoms with E-state index < -0.39 is 28.6 Å². The van der Waals surface area contributed by atoms with Crippen molar-refractivity contribution in [3.8, 4) is 16.2 Å². The number of carboxylic acid groups (broad SMARTS) is 2. The zero-order valence-corrected chi connectivity index (χ0v) is 22.6. The molecule has 2 aromatic carbocycles. The average Bonchev–Trinajstić information content (AvgIpc) is 3.23. The summed E-state index contributed by atoms with van der Waals surface area (Å²) in [6, 6.07) is 16.8. The average molecular weight is 559 g/mol. The van der Waals surface area contributed by atoms with E-state index in [1.165, 1.54) is 0 Å². The van der Waals surface area contributed by atoms with Gasteiger partial charge in [0.15, 0.2) is 11.5 Å². The van der Waals surface area contributed by atoms with E-state index in [2.05, 4.69) is 5.32 Å². The summed E-state index contributed by atoms with van der Waals surface area (Å²) in [6.07, 6.45) is 1.52. The largest absolute Gasteiger partial charge is 0.480 e. The van der Waals surface area contributed by atoms with Crippen LogP contribution in [0, 0.1) is 12.8 Å². The number of benzene rings is 2. The molecule has 1 aliphatic heterocycles. The van der Waals surface area contributed by atoms with Gasteiger partial charge in [-0.1, -0.05) is 42.5 Å². The second-order valence-electron chi connectivity index (χ2n) is 9.25. The number of anilines is 1. The number of sulfonamides is 1. The molecule has 2 heterocycles. The molecule has 1 aromatic heterocycles. The zero-order chi connectivity index (χ0) is 27.3.